The zero-order chi connectivity index (χ0) is 15.2. The molecule has 0 amide bonds. The van der Waals surface area contributed by atoms with Crippen LogP contribution in [0.15, 0.2) is 59.8 Å². The van der Waals surface area contributed by atoms with Gasteiger partial charge in [-0.1, -0.05) is 41.6 Å². The van der Waals surface area contributed by atoms with E-state index in [-0.39, 0.29) is 17.1 Å². The highest BCUT2D eigenvalue weighted by molar-refractivity contribution is 5.98. The minimum Gasteiger partial charge on any atom is -0.380 e. The molecule has 0 aliphatic rings. The van der Waals surface area contributed by atoms with Crippen molar-refractivity contribution >= 4 is 17.5 Å². The summed E-state index contributed by atoms with van der Waals surface area (Å²) < 4.78 is 0. The molecule has 0 spiro atoms. The molecule has 0 atom stereocenters. The monoisotopic (exact) mass is 285 g/mol. The number of nitrogens with two attached hydrogens (primary N) is 1. The molecule has 0 saturated heterocycles. The smallest absolute Gasteiger partial charge is 0.366 e. The second kappa shape index (κ2) is 6.29. The van der Waals surface area contributed by atoms with Crippen LogP contribution in [0.3, 0.4) is 0 Å². The topological polar surface area (TPSA) is 108 Å². The lowest BCUT2D eigenvalue weighted by atomic mass is 10.2. The molecular formula is C14H11N3O4. The van der Waals surface area contributed by atoms with Crippen LogP contribution in [0.2, 0.25) is 0 Å². The highest BCUT2D eigenvalue weighted by Gasteiger charge is 2.13. The van der Waals surface area contributed by atoms with Crippen molar-refractivity contribution in [2.24, 2.45) is 10.9 Å². The molecule has 21 heavy (non-hydrogen) atoms. The van der Waals surface area contributed by atoms with Crippen LogP contribution >= 0.6 is 0 Å². The molecule has 0 fully saturated rings. The lowest BCUT2D eigenvalue weighted by Crippen LogP contribution is -2.15. The number of amidine groups is 1. The van der Waals surface area contributed by atoms with Crippen molar-refractivity contribution in [3.05, 3.63) is 75.8 Å². The first-order chi connectivity index (χ1) is 10.1. The van der Waals surface area contributed by atoms with E-state index in [0.717, 1.165) is 6.07 Å². The van der Waals surface area contributed by atoms with Gasteiger partial charge in [0.15, 0.2) is 5.84 Å². The van der Waals surface area contributed by atoms with Crippen LogP contribution < -0.4 is 5.73 Å². The maximum Gasteiger partial charge on any atom is 0.366 e. The van der Waals surface area contributed by atoms with Crippen molar-refractivity contribution in [1.82, 2.24) is 0 Å². The zero-order valence-corrected chi connectivity index (χ0v) is 10.8. The molecule has 0 radical (unpaired) electrons. The lowest BCUT2D eigenvalue weighted by molar-refractivity contribution is -0.384. The summed E-state index contributed by atoms with van der Waals surface area (Å²) in [6.45, 7) is 0. The summed E-state index contributed by atoms with van der Waals surface area (Å²) in [6, 6.07) is 13.9. The number of carbonyl (C=O) groups excluding carboxylic acids is 1. The van der Waals surface area contributed by atoms with E-state index in [1.165, 1.54) is 18.2 Å². The maximum atomic E-state index is 11.7. The molecule has 2 N–H and O–H groups in total. The van der Waals surface area contributed by atoms with Crippen molar-refractivity contribution in [2.45, 2.75) is 0 Å². The summed E-state index contributed by atoms with van der Waals surface area (Å²) in [7, 11) is 0. The first-order valence-corrected chi connectivity index (χ1v) is 5.92. The number of rotatable bonds is 4. The van der Waals surface area contributed by atoms with Crippen LogP contribution in [-0.2, 0) is 4.84 Å². The normalized spacial score (nSPS) is 11.0. The summed E-state index contributed by atoms with van der Waals surface area (Å²) in [5.41, 5.74) is 6.08. The number of hydrogen-bond donors (Lipinski definition) is 1. The second-order valence-electron chi connectivity index (χ2n) is 4.03. The molecule has 2 aromatic carbocycles. The third-order valence-corrected chi connectivity index (χ3v) is 2.59. The fourth-order valence-corrected chi connectivity index (χ4v) is 1.55. The van der Waals surface area contributed by atoms with Crippen molar-refractivity contribution in [2.75, 3.05) is 0 Å². The van der Waals surface area contributed by atoms with E-state index < -0.39 is 10.9 Å². The van der Waals surface area contributed by atoms with Gasteiger partial charge in [0.1, 0.15) is 0 Å². The lowest BCUT2D eigenvalue weighted by Gasteiger charge is -2.01. The molecule has 7 nitrogen and oxygen atoms in total. The van der Waals surface area contributed by atoms with E-state index in [4.69, 9.17) is 5.73 Å². The number of nitro benzene ring substituents is 1. The van der Waals surface area contributed by atoms with Crippen molar-refractivity contribution in [3.63, 3.8) is 0 Å². The van der Waals surface area contributed by atoms with Crippen molar-refractivity contribution in [3.8, 4) is 0 Å². The van der Waals surface area contributed by atoms with Gasteiger partial charge in [-0.3, -0.25) is 10.1 Å². The standard InChI is InChI=1S/C14H11N3O4/c15-13(10-5-2-1-3-6-10)16-21-14(18)11-7-4-8-12(9-11)17(19)20/h1-9H,(H2,15,16). The van der Waals surface area contributed by atoms with Gasteiger partial charge in [0.05, 0.1) is 10.5 Å². The van der Waals surface area contributed by atoms with Crippen LogP contribution in [0.5, 0.6) is 0 Å². The highest BCUT2D eigenvalue weighted by atomic mass is 16.7. The average molecular weight is 285 g/mol. The third kappa shape index (κ3) is 3.63. The molecule has 2 rings (SSSR count). The molecule has 0 aromatic heterocycles. The van der Waals surface area contributed by atoms with E-state index in [0.29, 0.717) is 5.56 Å². The molecule has 0 aliphatic carbocycles. The van der Waals surface area contributed by atoms with E-state index in [1.54, 1.807) is 24.3 Å². The quantitative estimate of drug-likeness (QED) is 0.304. The van der Waals surface area contributed by atoms with Gasteiger partial charge in [-0.25, -0.2) is 4.79 Å². The first-order valence-electron chi connectivity index (χ1n) is 5.92. The van der Waals surface area contributed by atoms with E-state index in [9.17, 15) is 14.9 Å². The fraction of sp³-hybridized carbons (Fsp3) is 0. The summed E-state index contributed by atoms with van der Waals surface area (Å²) in [4.78, 5) is 26.5. The van der Waals surface area contributed by atoms with Gasteiger partial charge in [0, 0.05) is 17.7 Å². The summed E-state index contributed by atoms with van der Waals surface area (Å²) >= 11 is 0. The van der Waals surface area contributed by atoms with Gasteiger partial charge in [-0.15, -0.1) is 0 Å². The molecular weight excluding hydrogens is 274 g/mol. The minimum absolute atomic E-state index is 0.0220. The molecule has 0 saturated carbocycles. The van der Waals surface area contributed by atoms with Crippen LogP contribution in [-0.4, -0.2) is 16.7 Å². The Morgan fingerprint density at radius 1 is 1.10 bits per heavy atom. The second-order valence-corrected chi connectivity index (χ2v) is 4.03. The van der Waals surface area contributed by atoms with E-state index in [2.05, 4.69) is 9.99 Å². The van der Waals surface area contributed by atoms with Gasteiger partial charge < -0.3 is 10.6 Å². The Bertz CT molecular complexity index is 698. The van der Waals surface area contributed by atoms with Gasteiger partial charge in [-0.05, 0) is 6.07 Å². The van der Waals surface area contributed by atoms with Crippen molar-refractivity contribution < 1.29 is 14.6 Å². The van der Waals surface area contributed by atoms with Crippen LogP contribution in [0.1, 0.15) is 15.9 Å². The van der Waals surface area contributed by atoms with Gasteiger partial charge in [0.25, 0.3) is 5.69 Å². The predicted molar refractivity (Wildman–Crippen MR) is 75.7 cm³/mol. The van der Waals surface area contributed by atoms with Crippen molar-refractivity contribution in [1.29, 1.82) is 0 Å². The number of hydrogen-bond acceptors (Lipinski definition) is 5. The highest BCUT2D eigenvalue weighted by Crippen LogP contribution is 2.14. The van der Waals surface area contributed by atoms with Gasteiger partial charge >= 0.3 is 5.97 Å². The van der Waals surface area contributed by atoms with E-state index >= 15 is 0 Å². The van der Waals surface area contributed by atoms with Crippen LogP contribution in [0.25, 0.3) is 0 Å². The molecule has 106 valence electrons. The predicted octanol–water partition coefficient (Wildman–Crippen LogP) is 2.07. The summed E-state index contributed by atoms with van der Waals surface area (Å²) in [5.74, 6) is -0.785. The minimum atomic E-state index is -0.822. The molecule has 0 unspecified atom stereocenters. The SMILES string of the molecule is N/C(=N\OC(=O)c1cccc([N+](=O)[O-])c1)c1ccccc1. The molecule has 7 heteroatoms. The number of oxime groups is 1. The van der Waals surface area contributed by atoms with Gasteiger partial charge in [-0.2, -0.15) is 0 Å². The van der Waals surface area contributed by atoms with Crippen LogP contribution in [0, 0.1) is 10.1 Å². The first kappa shape index (κ1) is 14.2. The Labute approximate surface area is 119 Å². The molecule has 0 heterocycles. The Balaban J connectivity index is 2.12. The largest absolute Gasteiger partial charge is 0.380 e. The molecule has 2 aromatic rings. The van der Waals surface area contributed by atoms with Gasteiger partial charge in [0.2, 0.25) is 0 Å². The Hall–Kier alpha value is -3.22. The summed E-state index contributed by atoms with van der Waals surface area (Å²) in [6.07, 6.45) is 0. The Kier molecular flexibility index (Phi) is 4.25. The molecule has 0 aliphatic heterocycles. The third-order valence-electron chi connectivity index (χ3n) is 2.59. The number of non-ortho nitro benzene ring substituents is 1. The van der Waals surface area contributed by atoms with Crippen LogP contribution in [0.4, 0.5) is 5.69 Å². The number of nitrogens with zero attached hydrogens (tertiary/aromatic N) is 2. The Morgan fingerprint density at radius 2 is 1.76 bits per heavy atom. The maximum absolute atomic E-state index is 11.7. The number of nitro groups is 1. The number of benzene rings is 2. The Morgan fingerprint density at radius 3 is 2.43 bits per heavy atom. The average Bonchev–Trinajstić information content (AvgIpc) is 2.53. The zero-order valence-electron chi connectivity index (χ0n) is 10.8. The summed E-state index contributed by atoms with van der Waals surface area (Å²) in [5, 5.41) is 14.2. The van der Waals surface area contributed by atoms with E-state index in [1.807, 2.05) is 6.07 Å². The fourth-order valence-electron chi connectivity index (χ4n) is 1.55. The number of carbonyl (C=O) groups is 1. The molecule has 0 bridgehead atoms.